The number of alkyl halides is 3. The van der Waals surface area contributed by atoms with E-state index in [4.69, 9.17) is 0 Å². The number of aryl methyl sites for hydroxylation is 1. The number of benzene rings is 1. The number of hydrogen-bond donors (Lipinski definition) is 1. The Bertz CT molecular complexity index is 1020. The van der Waals surface area contributed by atoms with Crippen LogP contribution >= 0.6 is 39.0 Å². The van der Waals surface area contributed by atoms with Crippen molar-refractivity contribution in [1.82, 2.24) is 9.97 Å². The number of nitrogens with one attached hydrogen (secondary N) is 1. The van der Waals surface area contributed by atoms with Gasteiger partial charge in [0.2, 0.25) is 5.91 Å². The molecule has 3 aromatic rings. The monoisotopic (exact) mass is 475 g/mol. The standard InChI is InChI=1S/C17H13BrF3N3OS2/c1-8-5-11(17(19,20)21)9(2)15(22-8)26-7-14(25)24-16-23-12-6-10(18)3-4-13(12)27-16/h3-6H,7H2,1-2H3,(H,23,24,25). The fraction of sp³-hybridized carbons (Fsp3) is 0.235. The molecule has 0 unspecified atom stereocenters. The molecule has 4 nitrogen and oxygen atoms in total. The minimum Gasteiger partial charge on any atom is -0.301 e. The van der Waals surface area contributed by atoms with E-state index in [1.165, 1.54) is 25.2 Å². The first-order chi connectivity index (χ1) is 12.6. The highest BCUT2D eigenvalue weighted by Crippen LogP contribution is 2.35. The van der Waals surface area contributed by atoms with Crippen molar-refractivity contribution in [2.45, 2.75) is 25.0 Å². The van der Waals surface area contributed by atoms with E-state index >= 15 is 0 Å². The molecule has 0 saturated heterocycles. The fourth-order valence-corrected chi connectivity index (χ4v) is 4.47. The molecule has 10 heteroatoms. The lowest BCUT2D eigenvalue weighted by Crippen LogP contribution is -2.15. The zero-order valence-electron chi connectivity index (χ0n) is 14.1. The quantitative estimate of drug-likeness (QED) is 0.483. The molecule has 0 spiro atoms. The highest BCUT2D eigenvalue weighted by molar-refractivity contribution is 9.10. The second-order valence-corrected chi connectivity index (χ2v) is 8.62. The van der Waals surface area contributed by atoms with Gasteiger partial charge in [-0.1, -0.05) is 39.0 Å². The number of pyridine rings is 1. The molecule has 0 fully saturated rings. The van der Waals surface area contributed by atoms with Crippen molar-refractivity contribution in [3.05, 3.63) is 45.6 Å². The van der Waals surface area contributed by atoms with Crippen LogP contribution in [-0.4, -0.2) is 21.6 Å². The molecule has 1 aromatic carbocycles. The summed E-state index contributed by atoms with van der Waals surface area (Å²) in [5.74, 6) is -0.414. The molecule has 3 rings (SSSR count). The van der Waals surface area contributed by atoms with E-state index in [1.807, 2.05) is 18.2 Å². The second kappa shape index (κ2) is 7.76. The SMILES string of the molecule is Cc1cc(C(F)(F)F)c(C)c(SCC(=O)Nc2nc3cc(Br)ccc3s2)n1. The maximum absolute atomic E-state index is 13.1. The summed E-state index contributed by atoms with van der Waals surface area (Å²) in [6.45, 7) is 2.86. The second-order valence-electron chi connectivity index (χ2n) is 5.71. The third kappa shape index (κ3) is 4.80. The van der Waals surface area contributed by atoms with Gasteiger partial charge in [0.05, 0.1) is 21.5 Å². The van der Waals surface area contributed by atoms with Crippen molar-refractivity contribution >= 4 is 60.3 Å². The molecule has 1 amide bonds. The number of thioether (sulfide) groups is 1. The van der Waals surface area contributed by atoms with E-state index < -0.39 is 11.7 Å². The normalized spacial score (nSPS) is 11.8. The van der Waals surface area contributed by atoms with Gasteiger partial charge in [-0.2, -0.15) is 13.2 Å². The Morgan fingerprint density at radius 2 is 2.00 bits per heavy atom. The van der Waals surface area contributed by atoms with Crippen LogP contribution in [0.15, 0.2) is 33.8 Å². The van der Waals surface area contributed by atoms with Crippen LogP contribution in [0.3, 0.4) is 0 Å². The predicted molar refractivity (Wildman–Crippen MR) is 105 cm³/mol. The average molecular weight is 476 g/mol. The minimum atomic E-state index is -4.45. The Balaban J connectivity index is 1.71. The molecule has 0 aliphatic rings. The number of anilines is 1. The van der Waals surface area contributed by atoms with Crippen molar-refractivity contribution in [1.29, 1.82) is 0 Å². The third-order valence-corrected chi connectivity index (χ3v) is 6.12. The van der Waals surface area contributed by atoms with Gasteiger partial charge < -0.3 is 5.32 Å². The van der Waals surface area contributed by atoms with Crippen LogP contribution in [0.25, 0.3) is 10.2 Å². The molecule has 0 aliphatic carbocycles. The Kier molecular flexibility index (Phi) is 5.78. The zero-order valence-corrected chi connectivity index (χ0v) is 17.4. The first-order valence-corrected chi connectivity index (χ1v) is 10.3. The number of hydrogen-bond acceptors (Lipinski definition) is 5. The summed E-state index contributed by atoms with van der Waals surface area (Å²) in [6.07, 6.45) is -4.45. The van der Waals surface area contributed by atoms with Crippen LogP contribution < -0.4 is 5.32 Å². The van der Waals surface area contributed by atoms with Gasteiger partial charge in [-0.15, -0.1) is 0 Å². The van der Waals surface area contributed by atoms with Gasteiger partial charge in [0.1, 0.15) is 5.03 Å². The molecular weight excluding hydrogens is 463 g/mol. The van der Waals surface area contributed by atoms with Gasteiger partial charge in [0.15, 0.2) is 5.13 Å². The number of fused-ring (bicyclic) bond motifs is 1. The van der Waals surface area contributed by atoms with Gasteiger partial charge in [-0.05, 0) is 43.7 Å². The summed E-state index contributed by atoms with van der Waals surface area (Å²) >= 11 is 5.67. The smallest absolute Gasteiger partial charge is 0.301 e. The van der Waals surface area contributed by atoms with E-state index in [0.29, 0.717) is 5.13 Å². The number of carbonyl (C=O) groups excluding carboxylic acids is 1. The van der Waals surface area contributed by atoms with Gasteiger partial charge in [-0.3, -0.25) is 4.79 Å². The molecule has 142 valence electrons. The lowest BCUT2D eigenvalue weighted by molar-refractivity contribution is -0.138. The number of amides is 1. The number of thiazole rings is 1. The van der Waals surface area contributed by atoms with Crippen LogP contribution in [0.2, 0.25) is 0 Å². The summed E-state index contributed by atoms with van der Waals surface area (Å²) in [4.78, 5) is 20.6. The van der Waals surface area contributed by atoms with Crippen molar-refractivity contribution in [2.75, 3.05) is 11.1 Å². The van der Waals surface area contributed by atoms with Crippen molar-refractivity contribution in [3.63, 3.8) is 0 Å². The van der Waals surface area contributed by atoms with Crippen LogP contribution in [0.4, 0.5) is 18.3 Å². The largest absolute Gasteiger partial charge is 0.416 e. The molecule has 27 heavy (non-hydrogen) atoms. The summed E-state index contributed by atoms with van der Waals surface area (Å²) in [5.41, 5.74) is 0.307. The van der Waals surface area contributed by atoms with E-state index in [0.717, 1.165) is 32.5 Å². The molecule has 0 bridgehead atoms. The van der Waals surface area contributed by atoms with Crippen LogP contribution in [0.1, 0.15) is 16.8 Å². The Morgan fingerprint density at radius 3 is 2.70 bits per heavy atom. The maximum Gasteiger partial charge on any atom is 0.416 e. The van der Waals surface area contributed by atoms with Gasteiger partial charge >= 0.3 is 6.18 Å². The lowest BCUT2D eigenvalue weighted by Gasteiger charge is -2.14. The van der Waals surface area contributed by atoms with E-state index in [-0.39, 0.29) is 27.9 Å². The van der Waals surface area contributed by atoms with E-state index in [9.17, 15) is 18.0 Å². The molecule has 2 heterocycles. The molecular formula is C17H13BrF3N3OS2. The summed E-state index contributed by atoms with van der Waals surface area (Å²) in [5, 5.41) is 3.33. The zero-order chi connectivity index (χ0) is 19.8. The third-order valence-electron chi connectivity index (χ3n) is 3.60. The van der Waals surface area contributed by atoms with Gasteiger partial charge in [0.25, 0.3) is 0 Å². The molecule has 0 atom stereocenters. The van der Waals surface area contributed by atoms with E-state index in [1.54, 1.807) is 0 Å². The summed E-state index contributed by atoms with van der Waals surface area (Å²) in [6, 6.07) is 6.63. The van der Waals surface area contributed by atoms with Crippen LogP contribution in [0.5, 0.6) is 0 Å². The first-order valence-electron chi connectivity index (χ1n) is 7.67. The van der Waals surface area contributed by atoms with Gasteiger partial charge in [-0.25, -0.2) is 9.97 Å². The Morgan fingerprint density at radius 1 is 1.26 bits per heavy atom. The molecule has 1 N–H and O–H groups in total. The maximum atomic E-state index is 13.1. The molecule has 2 aromatic heterocycles. The van der Waals surface area contributed by atoms with E-state index in [2.05, 4.69) is 31.2 Å². The highest BCUT2D eigenvalue weighted by Gasteiger charge is 2.34. The number of halogens is 4. The van der Waals surface area contributed by atoms with Crippen LogP contribution in [0, 0.1) is 13.8 Å². The molecule has 0 radical (unpaired) electrons. The summed E-state index contributed by atoms with van der Waals surface area (Å²) < 4.78 is 41.1. The topological polar surface area (TPSA) is 54.9 Å². The predicted octanol–water partition coefficient (Wildman–Crippen LogP) is 5.82. The number of carbonyl (C=O) groups is 1. The van der Waals surface area contributed by atoms with Gasteiger partial charge in [0, 0.05) is 10.2 Å². The van der Waals surface area contributed by atoms with Crippen molar-refractivity contribution < 1.29 is 18.0 Å². The number of aromatic nitrogens is 2. The van der Waals surface area contributed by atoms with Crippen LogP contribution in [-0.2, 0) is 11.0 Å². The average Bonchev–Trinajstić information content (AvgIpc) is 2.95. The lowest BCUT2D eigenvalue weighted by atomic mass is 10.1. The number of nitrogens with zero attached hydrogens (tertiary/aromatic N) is 2. The minimum absolute atomic E-state index is 0.0238. The first kappa shape index (κ1) is 20.1. The highest BCUT2D eigenvalue weighted by atomic mass is 79.9. The van der Waals surface area contributed by atoms with Crippen molar-refractivity contribution in [3.8, 4) is 0 Å². The summed E-state index contributed by atoms with van der Waals surface area (Å²) in [7, 11) is 0. The fourth-order valence-electron chi connectivity index (χ4n) is 2.39. The number of rotatable bonds is 4. The van der Waals surface area contributed by atoms with Crippen molar-refractivity contribution in [2.24, 2.45) is 0 Å². The molecule has 0 aliphatic heterocycles. The Hall–Kier alpha value is -1.65. The molecule has 0 saturated carbocycles. The Labute approximate surface area is 169 Å².